The van der Waals surface area contributed by atoms with Gasteiger partial charge in [0, 0.05) is 11.3 Å². The van der Waals surface area contributed by atoms with Gasteiger partial charge < -0.3 is 5.73 Å². The molecular formula is C17H13F3N6O3. The van der Waals surface area contributed by atoms with E-state index in [0.29, 0.717) is 4.90 Å². The number of nitrogens with two attached hydrogens (primary N) is 1. The van der Waals surface area contributed by atoms with Gasteiger partial charge in [0.25, 0.3) is 5.56 Å². The van der Waals surface area contributed by atoms with Gasteiger partial charge in [-0.25, -0.2) is 9.97 Å². The third-order valence-electron chi connectivity index (χ3n) is 3.88. The van der Waals surface area contributed by atoms with Crippen molar-refractivity contribution in [3.8, 4) is 0 Å². The lowest BCUT2D eigenvalue weighted by atomic mass is 10.1. The topological polar surface area (TPSA) is 135 Å². The van der Waals surface area contributed by atoms with Crippen LogP contribution < -0.4 is 16.2 Å². The number of nitrogens with zero attached hydrogens (tertiary/aromatic N) is 4. The maximum atomic E-state index is 13.1. The minimum Gasteiger partial charge on any atom is -0.369 e. The Labute approximate surface area is 160 Å². The second kappa shape index (κ2) is 7.30. The molecule has 0 aliphatic carbocycles. The summed E-state index contributed by atoms with van der Waals surface area (Å²) in [5, 5.41) is 0. The summed E-state index contributed by atoms with van der Waals surface area (Å²) in [7, 11) is 0. The molecule has 0 unspecified atom stereocenters. The smallest absolute Gasteiger partial charge is 0.369 e. The Morgan fingerprint density at radius 2 is 1.83 bits per heavy atom. The minimum absolute atomic E-state index is 0.0807. The molecule has 0 saturated carbocycles. The molecule has 9 nitrogen and oxygen atoms in total. The summed E-state index contributed by atoms with van der Waals surface area (Å²) in [5.74, 6) is -2.61. The Hall–Kier alpha value is -3.83. The van der Waals surface area contributed by atoms with Crippen LogP contribution in [0.5, 0.6) is 0 Å². The number of rotatable bonds is 4. The van der Waals surface area contributed by atoms with Crippen LogP contribution in [0.3, 0.4) is 0 Å². The van der Waals surface area contributed by atoms with E-state index in [0.717, 1.165) is 6.20 Å². The number of H-pyrrole nitrogens is 1. The molecule has 2 heterocycles. The van der Waals surface area contributed by atoms with Gasteiger partial charge in [0.1, 0.15) is 0 Å². The summed E-state index contributed by atoms with van der Waals surface area (Å²) in [6.07, 6.45) is -4.06. The molecule has 3 N–H and O–H groups in total. The summed E-state index contributed by atoms with van der Waals surface area (Å²) in [4.78, 5) is 49.5. The average Bonchev–Trinajstić information content (AvgIpc) is 2.65. The number of hydrogen-bond acceptors (Lipinski definition) is 7. The zero-order chi connectivity index (χ0) is 21.3. The molecule has 0 aliphatic rings. The van der Waals surface area contributed by atoms with Crippen LogP contribution in [-0.2, 0) is 11.3 Å². The number of carbonyl (C=O) groups excluding carboxylic acids is 2. The van der Waals surface area contributed by atoms with Crippen LogP contribution in [0.4, 0.5) is 24.8 Å². The molecule has 3 aromatic rings. The molecule has 3 rings (SSSR count). The minimum atomic E-state index is -5.16. The number of benzene rings is 1. The van der Waals surface area contributed by atoms with Gasteiger partial charge in [0.2, 0.25) is 5.95 Å². The van der Waals surface area contributed by atoms with Crippen LogP contribution in [0.1, 0.15) is 23.0 Å². The van der Waals surface area contributed by atoms with Gasteiger partial charge >= 0.3 is 12.1 Å². The fourth-order valence-corrected chi connectivity index (χ4v) is 2.52. The molecule has 1 amide bonds. The number of aromatic amines is 1. The third-order valence-corrected chi connectivity index (χ3v) is 3.88. The molecule has 12 heteroatoms. The van der Waals surface area contributed by atoms with Gasteiger partial charge in [-0.3, -0.25) is 24.3 Å². The highest BCUT2D eigenvalue weighted by Crippen LogP contribution is 2.26. The molecule has 0 aliphatic heterocycles. The fraction of sp³-hybridized carbons (Fsp3) is 0.176. The van der Waals surface area contributed by atoms with E-state index in [1.807, 2.05) is 0 Å². The number of carbonyl (C=O) groups is 2. The van der Waals surface area contributed by atoms with E-state index in [1.54, 1.807) is 0 Å². The highest BCUT2D eigenvalue weighted by Gasteiger charge is 2.43. The van der Waals surface area contributed by atoms with Gasteiger partial charge in [0.05, 0.1) is 18.4 Å². The predicted octanol–water partition coefficient (Wildman–Crippen LogP) is 1.59. The van der Waals surface area contributed by atoms with Crippen molar-refractivity contribution < 1.29 is 22.8 Å². The number of aromatic nitrogens is 4. The van der Waals surface area contributed by atoms with Crippen molar-refractivity contribution in [2.45, 2.75) is 19.6 Å². The van der Waals surface area contributed by atoms with Gasteiger partial charge in [-0.05, 0) is 31.2 Å². The zero-order valence-corrected chi connectivity index (χ0v) is 14.8. The molecular weight excluding hydrogens is 393 g/mol. The quantitative estimate of drug-likeness (QED) is 0.628. The molecule has 1 aromatic carbocycles. The van der Waals surface area contributed by atoms with Gasteiger partial charge in [-0.1, -0.05) is 0 Å². The molecule has 29 heavy (non-hydrogen) atoms. The Bertz CT molecular complexity index is 1160. The summed E-state index contributed by atoms with van der Waals surface area (Å²) in [6.45, 7) is 0.682. The van der Waals surface area contributed by atoms with E-state index in [4.69, 9.17) is 5.73 Å². The molecule has 0 fully saturated rings. The normalized spacial score (nSPS) is 11.4. The first-order valence-electron chi connectivity index (χ1n) is 8.07. The first-order chi connectivity index (χ1) is 13.6. The van der Waals surface area contributed by atoms with Crippen LogP contribution in [-0.4, -0.2) is 37.8 Å². The Balaban J connectivity index is 2.03. The van der Waals surface area contributed by atoms with Crippen molar-refractivity contribution in [3.63, 3.8) is 0 Å². The molecule has 0 bridgehead atoms. The summed E-state index contributed by atoms with van der Waals surface area (Å²) in [5.41, 5.74) is 4.45. The first-order valence-corrected chi connectivity index (χ1v) is 8.07. The van der Waals surface area contributed by atoms with E-state index in [1.165, 1.54) is 31.2 Å². The van der Waals surface area contributed by atoms with E-state index >= 15 is 0 Å². The lowest BCUT2D eigenvalue weighted by Crippen LogP contribution is -2.41. The summed E-state index contributed by atoms with van der Waals surface area (Å²) in [6, 6.07) is 5.03. The highest BCUT2D eigenvalue weighted by molar-refractivity contribution is 5.98. The number of ketones is 1. The summed E-state index contributed by atoms with van der Waals surface area (Å²) < 4.78 is 39.3. The number of fused-ring (bicyclic) bond motifs is 1. The van der Waals surface area contributed by atoms with Crippen LogP contribution in [0.25, 0.3) is 11.2 Å². The van der Waals surface area contributed by atoms with Crippen molar-refractivity contribution in [1.29, 1.82) is 0 Å². The molecule has 0 spiro atoms. The monoisotopic (exact) mass is 406 g/mol. The Morgan fingerprint density at radius 1 is 1.17 bits per heavy atom. The number of hydrogen-bond donors (Lipinski definition) is 2. The second-order valence-electron chi connectivity index (χ2n) is 5.98. The SMILES string of the molecule is CC(=O)c1ccc(N(Cc2cnc3nc(N)[nH]c(=O)c3n2)C(=O)C(F)(F)F)cc1. The Morgan fingerprint density at radius 3 is 2.41 bits per heavy atom. The standard InChI is InChI=1S/C17H13F3N6O3/c1-8(27)9-2-4-11(5-3-9)26(15(29)17(18,19)20)7-10-6-22-13-12(23-10)14(28)25-16(21)24-13/h2-6H,7H2,1H3,(H3,21,22,24,25,28). The molecule has 2 aromatic heterocycles. The van der Waals surface area contributed by atoms with Crippen molar-refractivity contribution in [2.24, 2.45) is 0 Å². The maximum Gasteiger partial charge on any atom is 0.471 e. The number of alkyl halides is 3. The zero-order valence-electron chi connectivity index (χ0n) is 14.8. The molecule has 150 valence electrons. The van der Waals surface area contributed by atoms with E-state index in [2.05, 4.69) is 19.9 Å². The van der Waals surface area contributed by atoms with Crippen molar-refractivity contribution >= 4 is 34.5 Å². The highest BCUT2D eigenvalue weighted by atomic mass is 19.4. The number of nitrogens with one attached hydrogen (secondary N) is 1. The van der Waals surface area contributed by atoms with E-state index < -0.39 is 24.2 Å². The summed E-state index contributed by atoms with van der Waals surface area (Å²) >= 11 is 0. The number of halogens is 3. The fourth-order valence-electron chi connectivity index (χ4n) is 2.52. The maximum absolute atomic E-state index is 13.1. The van der Waals surface area contributed by atoms with E-state index in [9.17, 15) is 27.6 Å². The number of amides is 1. The predicted molar refractivity (Wildman–Crippen MR) is 96.1 cm³/mol. The van der Waals surface area contributed by atoms with Gasteiger partial charge in [0.15, 0.2) is 16.9 Å². The van der Waals surface area contributed by atoms with Crippen LogP contribution in [0, 0.1) is 0 Å². The molecule has 0 saturated heterocycles. The lowest BCUT2D eigenvalue weighted by Gasteiger charge is -2.23. The number of anilines is 2. The van der Waals surface area contributed by atoms with Crippen LogP contribution in [0.15, 0.2) is 35.3 Å². The first kappa shape index (κ1) is 19.9. The van der Waals surface area contributed by atoms with Crippen molar-refractivity contribution in [2.75, 3.05) is 10.6 Å². The number of Topliss-reactive ketones (excluding diaryl/α,β-unsaturated/α-hetero) is 1. The van der Waals surface area contributed by atoms with Crippen LogP contribution >= 0.6 is 0 Å². The third kappa shape index (κ3) is 4.20. The van der Waals surface area contributed by atoms with Crippen LogP contribution in [0.2, 0.25) is 0 Å². The molecule has 0 radical (unpaired) electrons. The van der Waals surface area contributed by atoms with Crippen molar-refractivity contribution in [3.05, 3.63) is 52.1 Å². The number of nitrogen functional groups attached to an aromatic ring is 1. The Kier molecular flexibility index (Phi) is 5.01. The average molecular weight is 406 g/mol. The van der Waals surface area contributed by atoms with Gasteiger partial charge in [-0.2, -0.15) is 18.2 Å². The van der Waals surface area contributed by atoms with Crippen molar-refractivity contribution in [1.82, 2.24) is 19.9 Å². The second-order valence-corrected chi connectivity index (χ2v) is 5.98. The largest absolute Gasteiger partial charge is 0.471 e. The molecule has 0 atom stereocenters. The van der Waals surface area contributed by atoms with Gasteiger partial charge in [-0.15, -0.1) is 0 Å². The lowest BCUT2D eigenvalue weighted by molar-refractivity contribution is -0.170. The van der Waals surface area contributed by atoms with E-state index in [-0.39, 0.29) is 39.8 Å².